The molecule has 0 unspecified atom stereocenters. The average Bonchev–Trinajstić information content (AvgIpc) is 2.33. The molecule has 0 heterocycles. The van der Waals surface area contributed by atoms with Gasteiger partial charge in [-0.3, -0.25) is 0 Å². The van der Waals surface area contributed by atoms with E-state index in [1.165, 1.54) is 0 Å². The Bertz CT molecular complexity index is 278. The van der Waals surface area contributed by atoms with Crippen LogP contribution in [-0.4, -0.2) is 19.5 Å². The van der Waals surface area contributed by atoms with Gasteiger partial charge in [0.05, 0.1) is 0 Å². The summed E-state index contributed by atoms with van der Waals surface area (Å²) in [6.45, 7) is 0. The Morgan fingerprint density at radius 1 is 0.389 bits per heavy atom. The summed E-state index contributed by atoms with van der Waals surface area (Å²) in [6, 6.07) is 0. The summed E-state index contributed by atoms with van der Waals surface area (Å²) in [7, 11) is 0. The van der Waals surface area contributed by atoms with E-state index in [0.29, 0.717) is 0 Å². The van der Waals surface area contributed by atoms with Crippen molar-refractivity contribution >= 4 is 68.3 Å². The lowest BCUT2D eigenvalue weighted by molar-refractivity contribution is 0.873. The SMILES string of the molecule is S=C1CCCC(=S)CCC(=S)CCCC(=S)CC1. The van der Waals surface area contributed by atoms with Crippen LogP contribution in [0.4, 0.5) is 0 Å². The molecule has 100 valence electrons. The van der Waals surface area contributed by atoms with E-state index in [4.69, 9.17) is 48.9 Å². The van der Waals surface area contributed by atoms with Gasteiger partial charge < -0.3 is 0 Å². The third kappa shape index (κ3) is 7.72. The second kappa shape index (κ2) is 9.29. The van der Waals surface area contributed by atoms with Crippen molar-refractivity contribution in [1.82, 2.24) is 0 Å². The summed E-state index contributed by atoms with van der Waals surface area (Å²) >= 11 is 21.5. The molecule has 0 spiro atoms. The van der Waals surface area contributed by atoms with Crippen molar-refractivity contribution in [3.63, 3.8) is 0 Å². The monoisotopic (exact) mass is 316 g/mol. The lowest BCUT2D eigenvalue weighted by atomic mass is 10.0. The number of rotatable bonds is 0. The Hall–Kier alpha value is 0.360. The van der Waals surface area contributed by atoms with E-state index in [2.05, 4.69) is 0 Å². The molecule has 0 atom stereocenters. The molecule has 0 saturated heterocycles. The number of thiocarbonyl (C=S) groups is 4. The smallest absolute Gasteiger partial charge is 0.00679 e. The highest BCUT2D eigenvalue weighted by molar-refractivity contribution is 7.81. The standard InChI is InChI=1S/C14H20S4/c15-11-3-1-4-12(16)8-10-14(18)6-2-5-13(17)9-7-11/h1-10H2. The summed E-state index contributed by atoms with van der Waals surface area (Å²) in [5.41, 5.74) is 0. The van der Waals surface area contributed by atoms with Gasteiger partial charge in [-0.1, -0.05) is 48.9 Å². The molecule has 1 fully saturated rings. The van der Waals surface area contributed by atoms with Crippen molar-refractivity contribution in [1.29, 1.82) is 0 Å². The van der Waals surface area contributed by atoms with Gasteiger partial charge in [0, 0.05) is 0 Å². The molecule has 0 bridgehead atoms. The molecule has 0 nitrogen and oxygen atoms in total. The highest BCUT2D eigenvalue weighted by Crippen LogP contribution is 2.13. The van der Waals surface area contributed by atoms with Gasteiger partial charge in [0.1, 0.15) is 0 Å². The molecule has 0 N–H and O–H groups in total. The lowest BCUT2D eigenvalue weighted by Gasteiger charge is -2.09. The zero-order valence-electron chi connectivity index (χ0n) is 10.7. The van der Waals surface area contributed by atoms with Gasteiger partial charge in [0.15, 0.2) is 0 Å². The van der Waals surface area contributed by atoms with Gasteiger partial charge >= 0.3 is 0 Å². The van der Waals surface area contributed by atoms with Crippen molar-refractivity contribution in [2.45, 2.75) is 64.2 Å². The van der Waals surface area contributed by atoms with Gasteiger partial charge in [-0.25, -0.2) is 0 Å². The van der Waals surface area contributed by atoms with E-state index < -0.39 is 0 Å². The van der Waals surface area contributed by atoms with Gasteiger partial charge in [-0.15, -0.1) is 0 Å². The fourth-order valence-electron chi connectivity index (χ4n) is 2.02. The first-order valence-electron chi connectivity index (χ1n) is 6.64. The maximum Gasteiger partial charge on any atom is -0.00679 e. The van der Waals surface area contributed by atoms with Crippen molar-refractivity contribution in [3.8, 4) is 0 Å². The minimum Gasteiger partial charge on any atom is -0.0897 e. The maximum absolute atomic E-state index is 5.38. The molecular weight excluding hydrogens is 296 g/mol. The van der Waals surface area contributed by atoms with Crippen LogP contribution in [0.3, 0.4) is 0 Å². The summed E-state index contributed by atoms with van der Waals surface area (Å²) in [5.74, 6) is 0. The Kier molecular flexibility index (Phi) is 8.47. The molecule has 1 aliphatic carbocycles. The van der Waals surface area contributed by atoms with Crippen LogP contribution in [0.1, 0.15) is 64.2 Å². The first kappa shape index (κ1) is 16.4. The van der Waals surface area contributed by atoms with Crippen molar-refractivity contribution in [3.05, 3.63) is 0 Å². The van der Waals surface area contributed by atoms with Crippen LogP contribution in [0, 0.1) is 0 Å². The molecule has 0 amide bonds. The van der Waals surface area contributed by atoms with Crippen LogP contribution in [0.2, 0.25) is 0 Å². The molecule has 18 heavy (non-hydrogen) atoms. The molecule has 1 saturated carbocycles. The second-order valence-corrected chi connectivity index (χ2v) is 7.17. The normalized spacial score (nSPS) is 21.8. The van der Waals surface area contributed by atoms with E-state index in [9.17, 15) is 0 Å². The zero-order valence-corrected chi connectivity index (χ0v) is 14.0. The summed E-state index contributed by atoms with van der Waals surface area (Å²) in [5, 5.41) is 0. The molecule has 0 aromatic rings. The molecule has 1 rings (SSSR count). The fourth-order valence-corrected chi connectivity index (χ4v) is 3.01. The summed E-state index contributed by atoms with van der Waals surface area (Å²) in [6.07, 6.45) is 10.2. The van der Waals surface area contributed by atoms with Crippen LogP contribution in [-0.2, 0) is 0 Å². The first-order chi connectivity index (χ1) is 8.58. The molecule has 4 heteroatoms. The predicted octanol–water partition coefficient (Wildman–Crippen LogP) is 5.38. The number of hydrogen-bond acceptors (Lipinski definition) is 4. The minimum absolute atomic E-state index is 0.978. The number of hydrogen-bond donors (Lipinski definition) is 0. The van der Waals surface area contributed by atoms with Crippen LogP contribution >= 0.6 is 48.9 Å². The second-order valence-electron chi connectivity index (χ2n) is 4.86. The van der Waals surface area contributed by atoms with Crippen molar-refractivity contribution in [2.24, 2.45) is 0 Å². The van der Waals surface area contributed by atoms with E-state index in [-0.39, 0.29) is 0 Å². The predicted molar refractivity (Wildman–Crippen MR) is 96.6 cm³/mol. The Balaban J connectivity index is 2.46. The molecular formula is C14H20S4. The van der Waals surface area contributed by atoms with Crippen LogP contribution < -0.4 is 0 Å². The average molecular weight is 317 g/mol. The van der Waals surface area contributed by atoms with E-state index in [1.54, 1.807) is 0 Å². The molecule has 1 aliphatic rings. The van der Waals surface area contributed by atoms with E-state index in [1.807, 2.05) is 0 Å². The molecule has 0 radical (unpaired) electrons. The lowest BCUT2D eigenvalue weighted by Crippen LogP contribution is -2.06. The third-order valence-electron chi connectivity index (χ3n) is 3.19. The van der Waals surface area contributed by atoms with Crippen LogP contribution in [0.25, 0.3) is 0 Å². The largest absolute Gasteiger partial charge is 0.0897 e. The van der Waals surface area contributed by atoms with Gasteiger partial charge in [-0.2, -0.15) is 0 Å². The van der Waals surface area contributed by atoms with Gasteiger partial charge in [0.2, 0.25) is 0 Å². The Morgan fingerprint density at radius 3 is 0.833 bits per heavy atom. The summed E-state index contributed by atoms with van der Waals surface area (Å²) in [4.78, 5) is 4.64. The minimum atomic E-state index is 0.978. The molecule has 0 aromatic carbocycles. The molecule has 0 aromatic heterocycles. The van der Waals surface area contributed by atoms with Crippen molar-refractivity contribution in [2.75, 3.05) is 0 Å². The highest BCUT2D eigenvalue weighted by Gasteiger charge is 2.07. The highest BCUT2D eigenvalue weighted by atomic mass is 32.1. The third-order valence-corrected chi connectivity index (χ3v) is 4.82. The Morgan fingerprint density at radius 2 is 0.611 bits per heavy atom. The first-order valence-corrected chi connectivity index (χ1v) is 8.28. The van der Waals surface area contributed by atoms with E-state index in [0.717, 1.165) is 83.7 Å². The quantitative estimate of drug-likeness (QED) is 0.550. The summed E-state index contributed by atoms with van der Waals surface area (Å²) < 4.78 is 0. The Labute approximate surface area is 132 Å². The topological polar surface area (TPSA) is 0 Å². The van der Waals surface area contributed by atoms with Gasteiger partial charge in [0.25, 0.3) is 0 Å². The maximum atomic E-state index is 5.38. The van der Waals surface area contributed by atoms with Crippen molar-refractivity contribution < 1.29 is 0 Å². The fraction of sp³-hybridized carbons (Fsp3) is 0.714. The van der Waals surface area contributed by atoms with Crippen LogP contribution in [0.15, 0.2) is 0 Å². The van der Waals surface area contributed by atoms with Gasteiger partial charge in [-0.05, 0) is 83.7 Å². The van der Waals surface area contributed by atoms with E-state index >= 15 is 0 Å². The molecule has 0 aliphatic heterocycles. The van der Waals surface area contributed by atoms with Crippen LogP contribution in [0.5, 0.6) is 0 Å². The zero-order chi connectivity index (χ0) is 13.4.